The molecule has 0 radical (unpaired) electrons. The molecule has 0 spiro atoms. The first-order valence-corrected chi connectivity index (χ1v) is 10.5. The van der Waals surface area contributed by atoms with Crippen molar-refractivity contribution in [3.63, 3.8) is 0 Å². The van der Waals surface area contributed by atoms with E-state index in [1.165, 1.54) is 6.92 Å². The van der Waals surface area contributed by atoms with E-state index in [4.69, 9.17) is 5.73 Å². The van der Waals surface area contributed by atoms with Gasteiger partial charge < -0.3 is 16.4 Å². The fourth-order valence-corrected chi connectivity index (χ4v) is 3.21. The maximum absolute atomic E-state index is 12.9. The number of ketones is 1. The fraction of sp³-hybridized carbons (Fsp3) is 0.360. The molecule has 0 aliphatic carbocycles. The number of carbonyl (C=O) groups is 4. The number of hydrogen-bond acceptors (Lipinski definition) is 4. The molecule has 4 N–H and O–H groups in total. The minimum Gasteiger partial charge on any atom is -0.363 e. The summed E-state index contributed by atoms with van der Waals surface area (Å²) >= 11 is 0. The van der Waals surface area contributed by atoms with Crippen LogP contribution in [0.1, 0.15) is 44.4 Å². The van der Waals surface area contributed by atoms with Gasteiger partial charge in [-0.15, -0.1) is 0 Å². The Morgan fingerprint density at radius 2 is 1.47 bits per heavy atom. The number of hydrogen-bond donors (Lipinski definition) is 3. The van der Waals surface area contributed by atoms with Crippen LogP contribution >= 0.6 is 0 Å². The maximum atomic E-state index is 12.9. The van der Waals surface area contributed by atoms with Crippen molar-refractivity contribution in [1.29, 1.82) is 0 Å². The molecule has 0 bridgehead atoms. The molecule has 0 aromatic heterocycles. The highest BCUT2D eigenvalue weighted by Gasteiger charge is 2.26. The topological polar surface area (TPSA) is 118 Å². The van der Waals surface area contributed by atoms with Crippen molar-refractivity contribution in [2.45, 2.75) is 58.0 Å². The Morgan fingerprint density at radius 3 is 2.00 bits per heavy atom. The van der Waals surface area contributed by atoms with Crippen LogP contribution in [0.5, 0.6) is 0 Å². The zero-order chi connectivity index (χ0) is 23.9. The third kappa shape index (κ3) is 7.34. The van der Waals surface area contributed by atoms with Crippen LogP contribution in [0.25, 0.3) is 0 Å². The second kappa shape index (κ2) is 10.7. The molecule has 2 aromatic rings. The Balaban J connectivity index is 2.17. The van der Waals surface area contributed by atoms with Crippen LogP contribution in [0.3, 0.4) is 0 Å². The minimum atomic E-state index is -1.12. The van der Waals surface area contributed by atoms with Gasteiger partial charge in [-0.1, -0.05) is 75.4 Å². The SMILES string of the molecule is CC(NC(=O)[C@H](Cc1ccc(C(C)(C)C)cc1)NC(=O)Cc1ccccc1)C(=O)C(N)=O. The highest BCUT2D eigenvalue weighted by atomic mass is 16.2. The molecule has 7 nitrogen and oxygen atoms in total. The predicted molar refractivity (Wildman–Crippen MR) is 123 cm³/mol. The van der Waals surface area contributed by atoms with Crippen molar-refractivity contribution < 1.29 is 19.2 Å². The molecule has 32 heavy (non-hydrogen) atoms. The lowest BCUT2D eigenvalue weighted by Crippen LogP contribution is -2.53. The lowest BCUT2D eigenvalue weighted by molar-refractivity contribution is -0.138. The van der Waals surface area contributed by atoms with Crippen molar-refractivity contribution >= 4 is 23.5 Å². The largest absolute Gasteiger partial charge is 0.363 e. The lowest BCUT2D eigenvalue weighted by Gasteiger charge is -2.22. The smallest absolute Gasteiger partial charge is 0.287 e. The highest BCUT2D eigenvalue weighted by Crippen LogP contribution is 2.22. The fourth-order valence-electron chi connectivity index (χ4n) is 3.21. The Kier molecular flexibility index (Phi) is 8.29. The van der Waals surface area contributed by atoms with Crippen LogP contribution in [0.4, 0.5) is 0 Å². The number of Topliss-reactive ketones (excluding diaryl/α,β-unsaturated/α-hetero) is 1. The Bertz CT molecular complexity index is 963. The van der Waals surface area contributed by atoms with Crippen molar-refractivity contribution in [1.82, 2.24) is 10.6 Å². The van der Waals surface area contributed by atoms with E-state index in [1.807, 2.05) is 54.6 Å². The van der Waals surface area contributed by atoms with Gasteiger partial charge in [-0.2, -0.15) is 0 Å². The van der Waals surface area contributed by atoms with Crippen LogP contribution in [-0.4, -0.2) is 35.6 Å². The molecule has 0 aliphatic rings. The molecule has 0 aliphatic heterocycles. The first-order valence-electron chi connectivity index (χ1n) is 10.5. The van der Waals surface area contributed by atoms with Crippen LogP contribution in [-0.2, 0) is 37.4 Å². The minimum absolute atomic E-state index is 0.0102. The molecule has 0 heterocycles. The first kappa shape index (κ1) is 24.8. The van der Waals surface area contributed by atoms with Gasteiger partial charge >= 0.3 is 0 Å². The van der Waals surface area contributed by atoms with Gasteiger partial charge in [0.1, 0.15) is 6.04 Å². The van der Waals surface area contributed by atoms with Gasteiger partial charge in [-0.05, 0) is 29.0 Å². The molecule has 1 unspecified atom stereocenters. The van der Waals surface area contributed by atoms with E-state index in [-0.39, 0.29) is 24.2 Å². The summed E-state index contributed by atoms with van der Waals surface area (Å²) in [6.07, 6.45) is 0.345. The lowest BCUT2D eigenvalue weighted by atomic mass is 9.86. The van der Waals surface area contributed by atoms with Crippen molar-refractivity contribution in [2.75, 3.05) is 0 Å². The summed E-state index contributed by atoms with van der Waals surface area (Å²) in [5.41, 5.74) is 7.83. The molecule has 3 amide bonds. The first-order chi connectivity index (χ1) is 15.0. The van der Waals surface area contributed by atoms with Crippen molar-refractivity contribution in [3.05, 3.63) is 71.3 Å². The summed E-state index contributed by atoms with van der Waals surface area (Å²) in [5.74, 6) is -2.91. The normalized spacial score (nSPS) is 13.0. The highest BCUT2D eigenvalue weighted by molar-refractivity contribution is 6.37. The second-order valence-corrected chi connectivity index (χ2v) is 8.89. The predicted octanol–water partition coefficient (Wildman–Crippen LogP) is 1.81. The summed E-state index contributed by atoms with van der Waals surface area (Å²) in [5, 5.41) is 5.24. The van der Waals surface area contributed by atoms with Crippen LogP contribution in [0, 0.1) is 0 Å². The van der Waals surface area contributed by atoms with Gasteiger partial charge in [0.15, 0.2) is 0 Å². The summed E-state index contributed by atoms with van der Waals surface area (Å²) in [6.45, 7) is 7.71. The van der Waals surface area contributed by atoms with Crippen LogP contribution < -0.4 is 16.4 Å². The van der Waals surface area contributed by atoms with E-state index in [2.05, 4.69) is 31.4 Å². The summed E-state index contributed by atoms with van der Waals surface area (Å²) < 4.78 is 0. The van der Waals surface area contributed by atoms with Gasteiger partial charge in [-0.3, -0.25) is 19.2 Å². The van der Waals surface area contributed by atoms with Crippen LogP contribution in [0.15, 0.2) is 54.6 Å². The number of nitrogens with two attached hydrogens (primary N) is 1. The summed E-state index contributed by atoms with van der Waals surface area (Å²) in [4.78, 5) is 48.4. The number of carbonyl (C=O) groups excluding carboxylic acids is 4. The Morgan fingerprint density at radius 1 is 0.875 bits per heavy atom. The molecule has 0 saturated carbocycles. The molecular weight excluding hydrogens is 406 g/mol. The average molecular weight is 438 g/mol. The number of amides is 3. The van der Waals surface area contributed by atoms with E-state index < -0.39 is 29.7 Å². The van der Waals surface area contributed by atoms with Gasteiger partial charge in [0.25, 0.3) is 5.91 Å². The summed E-state index contributed by atoms with van der Waals surface area (Å²) in [6, 6.07) is 15.0. The van der Waals surface area contributed by atoms with Crippen molar-refractivity contribution in [3.8, 4) is 0 Å². The van der Waals surface area contributed by atoms with Gasteiger partial charge in [-0.25, -0.2) is 0 Å². The van der Waals surface area contributed by atoms with E-state index in [9.17, 15) is 19.2 Å². The van der Waals surface area contributed by atoms with Gasteiger partial charge in [0.05, 0.1) is 12.5 Å². The van der Waals surface area contributed by atoms with Gasteiger partial charge in [0, 0.05) is 6.42 Å². The van der Waals surface area contributed by atoms with E-state index in [1.54, 1.807) is 0 Å². The third-order valence-corrected chi connectivity index (χ3v) is 5.11. The van der Waals surface area contributed by atoms with Gasteiger partial charge in [0.2, 0.25) is 17.6 Å². The molecule has 170 valence electrons. The second-order valence-electron chi connectivity index (χ2n) is 8.89. The number of rotatable bonds is 9. The third-order valence-electron chi connectivity index (χ3n) is 5.11. The zero-order valence-corrected chi connectivity index (χ0v) is 19.0. The zero-order valence-electron chi connectivity index (χ0n) is 19.0. The standard InChI is InChI=1S/C25H31N3O4/c1-16(22(30)23(26)31)27-24(32)20(28-21(29)15-17-8-6-5-7-9-17)14-18-10-12-19(13-11-18)25(2,3)4/h5-13,16,20H,14-15H2,1-4H3,(H2,26,31)(H,27,32)(H,28,29)/t16?,20-/m0/s1. The number of nitrogens with one attached hydrogen (secondary N) is 2. The summed E-state index contributed by atoms with van der Waals surface area (Å²) in [7, 11) is 0. The maximum Gasteiger partial charge on any atom is 0.287 e. The molecule has 7 heteroatoms. The average Bonchev–Trinajstić information content (AvgIpc) is 2.72. The molecule has 0 saturated heterocycles. The van der Waals surface area contributed by atoms with Crippen molar-refractivity contribution in [2.24, 2.45) is 5.73 Å². The van der Waals surface area contributed by atoms with Crippen LogP contribution in [0.2, 0.25) is 0 Å². The molecule has 2 atom stereocenters. The molecule has 0 fully saturated rings. The monoisotopic (exact) mass is 437 g/mol. The molecular formula is C25H31N3O4. The Labute approximate surface area is 188 Å². The number of primary amides is 1. The number of benzene rings is 2. The van der Waals surface area contributed by atoms with E-state index >= 15 is 0 Å². The van der Waals surface area contributed by atoms with E-state index in [0.29, 0.717) is 0 Å². The quantitative estimate of drug-likeness (QED) is 0.519. The molecule has 2 rings (SSSR count). The molecule has 2 aromatic carbocycles. The van der Waals surface area contributed by atoms with E-state index in [0.717, 1.165) is 16.7 Å². The Hall–Kier alpha value is -3.48.